The summed E-state index contributed by atoms with van der Waals surface area (Å²) >= 11 is 11.9. The van der Waals surface area contributed by atoms with Crippen LogP contribution in [0, 0.1) is 18.3 Å². The highest BCUT2D eigenvalue weighted by molar-refractivity contribution is 6.36. The van der Waals surface area contributed by atoms with Crippen LogP contribution in [0.1, 0.15) is 11.3 Å². The molecular weight excluding hydrogens is 271 g/mol. The Labute approximate surface area is 115 Å². The third kappa shape index (κ3) is 2.28. The van der Waals surface area contributed by atoms with Crippen molar-refractivity contribution in [2.75, 3.05) is 5.32 Å². The minimum atomic E-state index is 0.491. The van der Waals surface area contributed by atoms with E-state index in [4.69, 9.17) is 28.5 Å². The quantitative estimate of drug-likeness (QED) is 0.914. The second-order valence-electron chi connectivity index (χ2n) is 3.79. The molecule has 0 spiro atoms. The van der Waals surface area contributed by atoms with Crippen LogP contribution in [-0.4, -0.2) is 9.78 Å². The summed E-state index contributed by atoms with van der Waals surface area (Å²) in [6, 6.07) is 7.25. The Kier molecular flexibility index (Phi) is 3.46. The highest BCUT2D eigenvalue weighted by atomic mass is 35.5. The van der Waals surface area contributed by atoms with Gasteiger partial charge in [-0.1, -0.05) is 23.2 Å². The van der Waals surface area contributed by atoms with Crippen LogP contribution in [0.3, 0.4) is 0 Å². The lowest BCUT2D eigenvalue weighted by molar-refractivity contribution is 0.765. The fourth-order valence-electron chi connectivity index (χ4n) is 1.65. The van der Waals surface area contributed by atoms with Gasteiger partial charge in [-0.05, 0) is 25.1 Å². The first-order valence-corrected chi connectivity index (χ1v) is 5.94. The van der Waals surface area contributed by atoms with Crippen LogP contribution >= 0.6 is 23.2 Å². The van der Waals surface area contributed by atoms with Crippen molar-refractivity contribution in [3.63, 3.8) is 0 Å². The van der Waals surface area contributed by atoms with E-state index in [-0.39, 0.29) is 0 Å². The molecule has 0 aliphatic carbocycles. The first kappa shape index (κ1) is 12.7. The third-order valence-corrected chi connectivity index (χ3v) is 3.07. The van der Waals surface area contributed by atoms with Gasteiger partial charge in [0.05, 0.1) is 16.4 Å². The zero-order valence-electron chi connectivity index (χ0n) is 9.83. The van der Waals surface area contributed by atoms with Gasteiger partial charge < -0.3 is 5.32 Å². The highest BCUT2D eigenvalue weighted by Gasteiger charge is 2.14. The van der Waals surface area contributed by atoms with Gasteiger partial charge in [0.25, 0.3) is 0 Å². The summed E-state index contributed by atoms with van der Waals surface area (Å²) in [7, 11) is 1.76. The first-order chi connectivity index (χ1) is 8.52. The number of benzene rings is 1. The van der Waals surface area contributed by atoms with Crippen molar-refractivity contribution in [3.8, 4) is 6.07 Å². The average Bonchev–Trinajstić information content (AvgIpc) is 2.57. The Hall–Kier alpha value is -1.70. The second kappa shape index (κ2) is 4.89. The van der Waals surface area contributed by atoms with Crippen molar-refractivity contribution < 1.29 is 0 Å². The van der Waals surface area contributed by atoms with Crippen molar-refractivity contribution in [3.05, 3.63) is 39.5 Å². The maximum absolute atomic E-state index is 9.11. The molecule has 1 heterocycles. The molecule has 18 heavy (non-hydrogen) atoms. The largest absolute Gasteiger partial charge is 0.338 e. The van der Waals surface area contributed by atoms with Gasteiger partial charge in [-0.2, -0.15) is 10.4 Å². The van der Waals surface area contributed by atoms with E-state index in [0.29, 0.717) is 32.8 Å². The predicted molar refractivity (Wildman–Crippen MR) is 72.4 cm³/mol. The van der Waals surface area contributed by atoms with Gasteiger partial charge in [0.2, 0.25) is 0 Å². The molecule has 2 aromatic rings. The molecule has 0 amide bonds. The molecule has 0 saturated heterocycles. The SMILES string of the molecule is Cc1nn(C)c(Nc2ccc(Cl)cc2Cl)c1C#N. The smallest absolute Gasteiger partial charge is 0.146 e. The van der Waals surface area contributed by atoms with E-state index >= 15 is 0 Å². The van der Waals surface area contributed by atoms with E-state index in [2.05, 4.69) is 16.5 Å². The van der Waals surface area contributed by atoms with Crippen LogP contribution < -0.4 is 5.32 Å². The number of nitrogens with zero attached hydrogens (tertiary/aromatic N) is 3. The van der Waals surface area contributed by atoms with Crippen LogP contribution in [0.2, 0.25) is 10.0 Å². The molecule has 1 aromatic carbocycles. The van der Waals surface area contributed by atoms with E-state index in [0.717, 1.165) is 0 Å². The fraction of sp³-hybridized carbons (Fsp3) is 0.167. The molecule has 1 N–H and O–H groups in total. The van der Waals surface area contributed by atoms with Crippen molar-refractivity contribution in [2.45, 2.75) is 6.92 Å². The van der Waals surface area contributed by atoms with Crippen molar-refractivity contribution in [1.82, 2.24) is 9.78 Å². The molecule has 92 valence electrons. The monoisotopic (exact) mass is 280 g/mol. The summed E-state index contributed by atoms with van der Waals surface area (Å²) in [4.78, 5) is 0. The van der Waals surface area contributed by atoms with Crippen LogP contribution in [-0.2, 0) is 7.05 Å². The van der Waals surface area contributed by atoms with Gasteiger partial charge in [0.1, 0.15) is 17.5 Å². The lowest BCUT2D eigenvalue weighted by Gasteiger charge is -2.09. The number of nitriles is 1. The number of hydrogen-bond acceptors (Lipinski definition) is 3. The summed E-state index contributed by atoms with van der Waals surface area (Å²) in [6.45, 7) is 1.78. The van der Waals surface area contributed by atoms with Crippen LogP contribution in [0.4, 0.5) is 11.5 Å². The number of nitrogens with one attached hydrogen (secondary N) is 1. The number of rotatable bonds is 2. The Morgan fingerprint density at radius 1 is 1.39 bits per heavy atom. The van der Waals surface area contributed by atoms with Crippen molar-refractivity contribution in [1.29, 1.82) is 5.26 Å². The first-order valence-electron chi connectivity index (χ1n) is 5.18. The van der Waals surface area contributed by atoms with E-state index in [1.54, 1.807) is 36.9 Å². The van der Waals surface area contributed by atoms with Crippen LogP contribution in [0.15, 0.2) is 18.2 Å². The standard InChI is InChI=1S/C12H10Cl2N4/c1-7-9(6-15)12(18(2)17-7)16-11-4-3-8(13)5-10(11)14/h3-5,16H,1-2H3. The predicted octanol–water partition coefficient (Wildman–Crippen LogP) is 3.65. The Balaban J connectivity index is 2.43. The molecule has 4 nitrogen and oxygen atoms in total. The summed E-state index contributed by atoms with van der Waals surface area (Å²) < 4.78 is 1.61. The molecule has 6 heteroatoms. The number of hydrogen-bond donors (Lipinski definition) is 1. The molecule has 2 rings (SSSR count). The number of aryl methyl sites for hydroxylation is 2. The van der Waals surface area contributed by atoms with Crippen LogP contribution in [0.25, 0.3) is 0 Å². The molecule has 0 unspecified atom stereocenters. The minimum Gasteiger partial charge on any atom is -0.338 e. The summed E-state index contributed by atoms with van der Waals surface area (Å²) in [5.41, 5.74) is 1.86. The molecule has 0 fully saturated rings. The van der Waals surface area contributed by atoms with E-state index in [1.807, 2.05) is 0 Å². The molecule has 1 aromatic heterocycles. The molecule has 0 aliphatic heterocycles. The lowest BCUT2D eigenvalue weighted by Crippen LogP contribution is -2.00. The van der Waals surface area contributed by atoms with Gasteiger partial charge in [-0.15, -0.1) is 0 Å². The van der Waals surface area contributed by atoms with Crippen LogP contribution in [0.5, 0.6) is 0 Å². The summed E-state index contributed by atoms with van der Waals surface area (Å²) in [5.74, 6) is 0.610. The molecule has 0 radical (unpaired) electrons. The van der Waals surface area contributed by atoms with Gasteiger partial charge in [0, 0.05) is 12.1 Å². The summed E-state index contributed by atoms with van der Waals surface area (Å²) in [5, 5.41) is 17.4. The van der Waals surface area contributed by atoms with Gasteiger partial charge >= 0.3 is 0 Å². The van der Waals surface area contributed by atoms with Gasteiger partial charge in [-0.25, -0.2) is 0 Å². The Bertz CT molecular complexity index is 640. The number of aromatic nitrogens is 2. The van der Waals surface area contributed by atoms with E-state index < -0.39 is 0 Å². The average molecular weight is 281 g/mol. The lowest BCUT2D eigenvalue weighted by atomic mass is 10.2. The fourth-order valence-corrected chi connectivity index (χ4v) is 2.11. The summed E-state index contributed by atoms with van der Waals surface area (Å²) in [6.07, 6.45) is 0. The zero-order valence-corrected chi connectivity index (χ0v) is 11.3. The topological polar surface area (TPSA) is 53.6 Å². The second-order valence-corrected chi connectivity index (χ2v) is 4.64. The van der Waals surface area contributed by atoms with Gasteiger partial charge in [0.15, 0.2) is 0 Å². The Morgan fingerprint density at radius 3 is 2.72 bits per heavy atom. The van der Waals surface area contributed by atoms with Crippen molar-refractivity contribution in [2.24, 2.45) is 7.05 Å². The number of halogens is 2. The normalized spacial score (nSPS) is 10.2. The molecule has 0 atom stereocenters. The molecular formula is C12H10Cl2N4. The maximum atomic E-state index is 9.11. The zero-order chi connectivity index (χ0) is 13.3. The molecule has 0 saturated carbocycles. The van der Waals surface area contributed by atoms with Gasteiger partial charge in [-0.3, -0.25) is 4.68 Å². The van der Waals surface area contributed by atoms with E-state index in [9.17, 15) is 0 Å². The molecule has 0 bridgehead atoms. The maximum Gasteiger partial charge on any atom is 0.146 e. The Morgan fingerprint density at radius 2 is 2.11 bits per heavy atom. The number of anilines is 2. The van der Waals surface area contributed by atoms with E-state index in [1.165, 1.54) is 0 Å². The van der Waals surface area contributed by atoms with Crippen molar-refractivity contribution >= 4 is 34.7 Å². The molecule has 0 aliphatic rings. The third-order valence-electron chi connectivity index (χ3n) is 2.52. The minimum absolute atomic E-state index is 0.491. The highest BCUT2D eigenvalue weighted by Crippen LogP contribution is 2.29.